The van der Waals surface area contributed by atoms with Gasteiger partial charge >= 0.3 is 0 Å². The summed E-state index contributed by atoms with van der Waals surface area (Å²) in [5.41, 5.74) is 9.22. The van der Waals surface area contributed by atoms with E-state index in [1.807, 2.05) is 37.3 Å². The van der Waals surface area contributed by atoms with Crippen molar-refractivity contribution < 1.29 is 9.47 Å². The molecule has 0 spiro atoms. The number of hydrogen-bond acceptors (Lipinski definition) is 3. The molecule has 0 saturated heterocycles. The molecule has 2 aromatic rings. The Morgan fingerprint density at radius 2 is 1.92 bits per heavy atom. The van der Waals surface area contributed by atoms with Crippen LogP contribution in [0.3, 0.4) is 0 Å². The van der Waals surface area contributed by atoms with Crippen molar-refractivity contribution in [2.45, 2.75) is 33.2 Å². The van der Waals surface area contributed by atoms with Crippen LogP contribution < -0.4 is 20.5 Å². The number of benzene rings is 2. The second kappa shape index (κ2) is 10.9. The van der Waals surface area contributed by atoms with Gasteiger partial charge in [-0.25, -0.2) is 4.99 Å². The molecular formula is C20H28IN3O2. The largest absolute Gasteiger partial charge is 0.493 e. The van der Waals surface area contributed by atoms with Crippen LogP contribution >= 0.6 is 24.0 Å². The van der Waals surface area contributed by atoms with E-state index in [0.29, 0.717) is 36.5 Å². The molecule has 0 amide bonds. The molecule has 26 heavy (non-hydrogen) atoms. The van der Waals surface area contributed by atoms with E-state index in [9.17, 15) is 0 Å². The number of halogens is 1. The summed E-state index contributed by atoms with van der Waals surface area (Å²) < 4.78 is 10.9. The van der Waals surface area contributed by atoms with Crippen molar-refractivity contribution in [2.75, 3.05) is 19.0 Å². The lowest BCUT2D eigenvalue weighted by Gasteiger charge is -2.11. The lowest BCUT2D eigenvalue weighted by molar-refractivity contribution is 0.310. The van der Waals surface area contributed by atoms with Crippen LogP contribution in [-0.4, -0.2) is 19.7 Å². The molecule has 0 aliphatic rings. The minimum Gasteiger partial charge on any atom is -0.493 e. The number of guanidine groups is 1. The molecule has 2 aromatic carbocycles. The van der Waals surface area contributed by atoms with E-state index in [1.54, 1.807) is 7.11 Å². The second-order valence-electron chi connectivity index (χ2n) is 6.02. The van der Waals surface area contributed by atoms with Gasteiger partial charge in [0.05, 0.1) is 20.3 Å². The fraction of sp³-hybridized carbons (Fsp3) is 0.350. The van der Waals surface area contributed by atoms with Crippen LogP contribution in [0.1, 0.15) is 37.8 Å². The van der Waals surface area contributed by atoms with Gasteiger partial charge in [-0.15, -0.1) is 24.0 Å². The van der Waals surface area contributed by atoms with Crippen molar-refractivity contribution in [3.63, 3.8) is 0 Å². The fourth-order valence-electron chi connectivity index (χ4n) is 2.43. The van der Waals surface area contributed by atoms with Gasteiger partial charge in [-0.3, -0.25) is 0 Å². The van der Waals surface area contributed by atoms with Crippen LogP contribution in [0.25, 0.3) is 0 Å². The Labute approximate surface area is 173 Å². The number of nitrogens with one attached hydrogen (secondary N) is 1. The molecule has 0 bridgehead atoms. The van der Waals surface area contributed by atoms with Crippen molar-refractivity contribution >= 4 is 35.6 Å². The zero-order valence-electron chi connectivity index (χ0n) is 15.8. The lowest BCUT2D eigenvalue weighted by Crippen LogP contribution is -2.22. The van der Waals surface area contributed by atoms with Crippen molar-refractivity contribution in [1.29, 1.82) is 0 Å². The van der Waals surface area contributed by atoms with E-state index < -0.39 is 0 Å². The number of ether oxygens (including phenoxy) is 2. The predicted octanol–water partition coefficient (Wildman–Crippen LogP) is 4.76. The van der Waals surface area contributed by atoms with Gasteiger partial charge in [0.1, 0.15) is 0 Å². The maximum Gasteiger partial charge on any atom is 0.193 e. The maximum atomic E-state index is 6.02. The van der Waals surface area contributed by atoms with Crippen LogP contribution in [0.5, 0.6) is 11.5 Å². The Bertz CT molecular complexity index is 733. The first kappa shape index (κ1) is 22.1. The third-order valence-electron chi connectivity index (χ3n) is 3.79. The number of aliphatic imine (C=N–C) groups is 1. The van der Waals surface area contributed by atoms with Crippen LogP contribution in [0, 0.1) is 0 Å². The molecule has 0 heterocycles. The smallest absolute Gasteiger partial charge is 0.193 e. The van der Waals surface area contributed by atoms with Gasteiger partial charge < -0.3 is 20.5 Å². The van der Waals surface area contributed by atoms with Gasteiger partial charge in [0.25, 0.3) is 0 Å². The molecule has 0 radical (unpaired) electrons. The predicted molar refractivity (Wildman–Crippen MR) is 119 cm³/mol. The highest BCUT2D eigenvalue weighted by Crippen LogP contribution is 2.28. The first-order valence-corrected chi connectivity index (χ1v) is 8.50. The van der Waals surface area contributed by atoms with Crippen LogP contribution in [0.15, 0.2) is 47.5 Å². The van der Waals surface area contributed by atoms with Gasteiger partial charge in [-0.1, -0.05) is 32.0 Å². The minimum atomic E-state index is 0. The number of hydrogen-bond donors (Lipinski definition) is 2. The normalized spacial score (nSPS) is 11.0. The fourth-order valence-corrected chi connectivity index (χ4v) is 2.43. The van der Waals surface area contributed by atoms with Crippen LogP contribution in [0.2, 0.25) is 0 Å². The quantitative estimate of drug-likeness (QED) is 0.349. The Balaban J connectivity index is 0.00000338. The average molecular weight is 469 g/mol. The van der Waals surface area contributed by atoms with Crippen molar-refractivity contribution in [3.05, 3.63) is 53.6 Å². The molecule has 0 atom stereocenters. The molecule has 0 unspecified atom stereocenters. The summed E-state index contributed by atoms with van der Waals surface area (Å²) in [6, 6.07) is 14.0. The highest BCUT2D eigenvalue weighted by molar-refractivity contribution is 14.0. The van der Waals surface area contributed by atoms with Gasteiger partial charge in [0, 0.05) is 5.69 Å². The molecule has 0 aliphatic carbocycles. The third-order valence-corrected chi connectivity index (χ3v) is 3.79. The summed E-state index contributed by atoms with van der Waals surface area (Å²) >= 11 is 0. The highest BCUT2D eigenvalue weighted by atomic mass is 127. The maximum absolute atomic E-state index is 6.02. The Kier molecular flexibility index (Phi) is 9.26. The average Bonchev–Trinajstić information content (AvgIpc) is 2.60. The number of rotatable bonds is 7. The second-order valence-corrected chi connectivity index (χ2v) is 6.02. The summed E-state index contributed by atoms with van der Waals surface area (Å²) in [6.45, 7) is 7.32. The standard InChI is InChI=1S/C20H27N3O2.HI/c1-5-25-19-11-15(9-10-18(19)24-4)13-22-20(21)23-17-8-6-7-16(12-17)14(2)3;/h6-12,14H,5,13H2,1-4H3,(H3,21,22,23);1H. The van der Waals surface area contributed by atoms with Crippen molar-refractivity contribution in [3.8, 4) is 11.5 Å². The molecule has 3 N–H and O–H groups in total. The van der Waals surface area contributed by atoms with Crippen LogP contribution in [0.4, 0.5) is 5.69 Å². The molecule has 2 rings (SSSR count). The molecule has 0 aliphatic heterocycles. The van der Waals surface area contributed by atoms with Crippen LogP contribution in [-0.2, 0) is 6.54 Å². The summed E-state index contributed by atoms with van der Waals surface area (Å²) in [6.07, 6.45) is 0. The first-order chi connectivity index (χ1) is 12.0. The number of anilines is 1. The molecule has 0 fully saturated rings. The zero-order valence-corrected chi connectivity index (χ0v) is 18.1. The summed E-state index contributed by atoms with van der Waals surface area (Å²) in [4.78, 5) is 4.41. The molecule has 0 aromatic heterocycles. The molecule has 5 nitrogen and oxygen atoms in total. The summed E-state index contributed by atoms with van der Waals surface area (Å²) in [5.74, 6) is 2.28. The first-order valence-electron chi connectivity index (χ1n) is 8.50. The molecule has 0 saturated carbocycles. The van der Waals surface area contributed by atoms with Gasteiger partial charge in [0.15, 0.2) is 17.5 Å². The van der Waals surface area contributed by atoms with E-state index in [2.05, 4.69) is 36.3 Å². The third kappa shape index (κ3) is 6.40. The van der Waals surface area contributed by atoms with Gasteiger partial charge in [-0.2, -0.15) is 0 Å². The summed E-state index contributed by atoms with van der Waals surface area (Å²) in [5, 5.41) is 3.14. The Morgan fingerprint density at radius 1 is 1.15 bits per heavy atom. The van der Waals surface area contributed by atoms with Gasteiger partial charge in [-0.05, 0) is 48.2 Å². The SMILES string of the molecule is CCOc1cc(CN=C(N)Nc2cccc(C(C)C)c2)ccc1OC.I. The Morgan fingerprint density at radius 3 is 2.58 bits per heavy atom. The molecular weight excluding hydrogens is 441 g/mol. The molecule has 142 valence electrons. The Hall–Kier alpha value is -1.96. The highest BCUT2D eigenvalue weighted by Gasteiger charge is 2.05. The zero-order chi connectivity index (χ0) is 18.2. The number of nitrogens with zero attached hydrogens (tertiary/aromatic N) is 1. The monoisotopic (exact) mass is 469 g/mol. The van der Waals surface area contributed by atoms with Crippen molar-refractivity contribution in [1.82, 2.24) is 0 Å². The van der Waals surface area contributed by atoms with E-state index in [0.717, 1.165) is 11.3 Å². The number of nitrogens with two attached hydrogens (primary N) is 1. The van der Waals surface area contributed by atoms with E-state index >= 15 is 0 Å². The minimum absolute atomic E-state index is 0. The summed E-state index contributed by atoms with van der Waals surface area (Å²) in [7, 11) is 1.63. The van der Waals surface area contributed by atoms with Gasteiger partial charge in [0.2, 0.25) is 0 Å². The number of methoxy groups -OCH3 is 1. The topological polar surface area (TPSA) is 68.9 Å². The van der Waals surface area contributed by atoms with E-state index in [1.165, 1.54) is 5.56 Å². The molecule has 6 heteroatoms. The van der Waals surface area contributed by atoms with E-state index in [-0.39, 0.29) is 24.0 Å². The van der Waals surface area contributed by atoms with Crippen molar-refractivity contribution in [2.24, 2.45) is 10.7 Å². The lowest BCUT2D eigenvalue weighted by atomic mass is 10.0. The van der Waals surface area contributed by atoms with E-state index in [4.69, 9.17) is 15.2 Å².